The van der Waals surface area contributed by atoms with E-state index >= 15 is 0 Å². The van der Waals surface area contributed by atoms with E-state index in [2.05, 4.69) is 30.3 Å². The molecule has 1 heterocycles. The molecular formula is C20H23F2N3O. The minimum absolute atomic E-state index is 0.0660. The summed E-state index contributed by atoms with van der Waals surface area (Å²) in [4.78, 5) is 12.7. The van der Waals surface area contributed by atoms with Crippen LogP contribution in [0.1, 0.15) is 72.1 Å². The molecule has 1 aromatic carbocycles. The van der Waals surface area contributed by atoms with Gasteiger partial charge in [-0.2, -0.15) is 5.10 Å². The monoisotopic (exact) mass is 359 g/mol. The lowest BCUT2D eigenvalue weighted by Crippen LogP contribution is -2.16. The standard InChI is InChI=1S/C20H23F2N3O/c1-10(2)16-12-7-8-13(16)17-11(12)5-4-6-15(17)23-20(26)14-9-25(3)24-18(14)19(21)22/h4-6,9-10,12-13,16,19H,7-8H2,1-3H3,(H,23,26)/t12-,13-,16-/m1/s1. The number of nitrogens with zero attached hydrogens (tertiary/aromatic N) is 2. The molecule has 2 aromatic rings. The summed E-state index contributed by atoms with van der Waals surface area (Å²) in [5, 5.41) is 6.61. The van der Waals surface area contributed by atoms with Crippen molar-refractivity contribution in [3.05, 3.63) is 46.8 Å². The second-order valence-electron chi connectivity index (χ2n) is 7.78. The number of hydrogen-bond donors (Lipinski definition) is 1. The number of rotatable bonds is 4. The SMILES string of the molecule is CC(C)[C@@H]1[C@@H]2CC[C@H]1c1c(NC(=O)c3cn(C)nc3C(F)F)cccc12. The number of hydrogen-bond acceptors (Lipinski definition) is 2. The molecule has 6 heteroatoms. The van der Waals surface area contributed by atoms with Gasteiger partial charge >= 0.3 is 0 Å². The summed E-state index contributed by atoms with van der Waals surface area (Å²) in [5.41, 5.74) is 2.74. The fraction of sp³-hybridized carbons (Fsp3) is 0.500. The van der Waals surface area contributed by atoms with Crippen LogP contribution >= 0.6 is 0 Å². The van der Waals surface area contributed by atoms with Crippen LogP contribution in [0.3, 0.4) is 0 Å². The molecule has 1 aromatic heterocycles. The Kier molecular flexibility index (Phi) is 4.09. The zero-order chi connectivity index (χ0) is 18.6. The molecule has 0 aliphatic heterocycles. The van der Waals surface area contributed by atoms with Gasteiger partial charge in [0, 0.05) is 18.9 Å². The maximum Gasteiger partial charge on any atom is 0.282 e. The average molecular weight is 359 g/mol. The molecule has 2 aliphatic carbocycles. The summed E-state index contributed by atoms with van der Waals surface area (Å²) in [6.07, 6.45) is 0.890. The van der Waals surface area contributed by atoms with Crippen LogP contribution in [0.15, 0.2) is 24.4 Å². The number of aryl methyl sites for hydroxylation is 1. The second-order valence-corrected chi connectivity index (χ2v) is 7.78. The second kappa shape index (κ2) is 6.18. The van der Waals surface area contributed by atoms with Crippen molar-refractivity contribution in [3.8, 4) is 0 Å². The number of fused-ring (bicyclic) bond motifs is 5. The Morgan fingerprint density at radius 1 is 1.27 bits per heavy atom. The third kappa shape index (κ3) is 2.54. The molecule has 1 saturated carbocycles. The van der Waals surface area contributed by atoms with Crippen LogP contribution in [0.4, 0.5) is 14.5 Å². The van der Waals surface area contributed by atoms with Gasteiger partial charge in [0.1, 0.15) is 5.69 Å². The van der Waals surface area contributed by atoms with Gasteiger partial charge in [-0.3, -0.25) is 9.48 Å². The van der Waals surface area contributed by atoms with Crippen molar-refractivity contribution in [1.82, 2.24) is 9.78 Å². The van der Waals surface area contributed by atoms with E-state index in [9.17, 15) is 13.6 Å². The number of benzene rings is 1. The molecule has 4 rings (SSSR count). The van der Waals surface area contributed by atoms with Crippen molar-refractivity contribution in [2.45, 2.75) is 45.0 Å². The first-order valence-electron chi connectivity index (χ1n) is 9.14. The fourth-order valence-electron chi connectivity index (χ4n) is 5.11. The highest BCUT2D eigenvalue weighted by molar-refractivity contribution is 6.05. The van der Waals surface area contributed by atoms with Crippen LogP contribution in [0.25, 0.3) is 0 Å². The van der Waals surface area contributed by atoms with Gasteiger partial charge in [-0.15, -0.1) is 0 Å². The van der Waals surface area contributed by atoms with E-state index in [0.717, 1.165) is 12.1 Å². The topological polar surface area (TPSA) is 46.9 Å². The van der Waals surface area contributed by atoms with E-state index in [4.69, 9.17) is 0 Å². The minimum Gasteiger partial charge on any atom is -0.322 e. The third-order valence-electron chi connectivity index (χ3n) is 5.95. The van der Waals surface area contributed by atoms with Gasteiger partial charge in [-0.1, -0.05) is 26.0 Å². The molecule has 2 bridgehead atoms. The molecule has 1 amide bonds. The van der Waals surface area contributed by atoms with Crippen LogP contribution in [-0.4, -0.2) is 15.7 Å². The van der Waals surface area contributed by atoms with E-state index in [0.29, 0.717) is 23.7 Å². The number of alkyl halides is 2. The number of anilines is 1. The number of carbonyl (C=O) groups excluding carboxylic acids is 1. The van der Waals surface area contributed by atoms with E-state index in [1.54, 1.807) is 0 Å². The van der Waals surface area contributed by atoms with Crippen molar-refractivity contribution in [2.75, 3.05) is 5.32 Å². The lowest BCUT2D eigenvalue weighted by atomic mass is 9.85. The summed E-state index contributed by atoms with van der Waals surface area (Å²) in [6.45, 7) is 4.51. The Bertz CT molecular complexity index is 859. The molecule has 0 radical (unpaired) electrons. The van der Waals surface area contributed by atoms with Gasteiger partial charge in [-0.25, -0.2) is 8.78 Å². The van der Waals surface area contributed by atoms with E-state index in [1.165, 1.54) is 35.5 Å². The fourth-order valence-corrected chi connectivity index (χ4v) is 5.11. The molecule has 0 saturated heterocycles. The minimum atomic E-state index is -2.78. The zero-order valence-electron chi connectivity index (χ0n) is 15.2. The first-order chi connectivity index (χ1) is 12.4. The molecule has 2 aliphatic rings. The Labute approximate surface area is 151 Å². The number of aromatic nitrogens is 2. The first kappa shape index (κ1) is 17.2. The van der Waals surface area contributed by atoms with Crippen LogP contribution in [0.2, 0.25) is 0 Å². The van der Waals surface area contributed by atoms with Crippen LogP contribution < -0.4 is 5.32 Å². The lowest BCUT2D eigenvalue weighted by Gasteiger charge is -2.21. The summed E-state index contributed by atoms with van der Waals surface area (Å²) in [7, 11) is 1.54. The normalized spacial score (nSPS) is 23.7. The molecular weight excluding hydrogens is 336 g/mol. The van der Waals surface area contributed by atoms with Gasteiger partial charge < -0.3 is 5.32 Å². The summed E-state index contributed by atoms with van der Waals surface area (Å²) >= 11 is 0. The highest BCUT2D eigenvalue weighted by Gasteiger charge is 2.48. The number of nitrogens with one attached hydrogen (secondary N) is 1. The molecule has 4 nitrogen and oxygen atoms in total. The van der Waals surface area contributed by atoms with E-state index in [-0.39, 0.29) is 5.56 Å². The molecule has 3 atom stereocenters. The summed E-state index contributed by atoms with van der Waals surface area (Å²) < 4.78 is 27.6. The maximum atomic E-state index is 13.2. The third-order valence-corrected chi connectivity index (χ3v) is 5.95. The Morgan fingerprint density at radius 2 is 2.00 bits per heavy atom. The van der Waals surface area contributed by atoms with Crippen molar-refractivity contribution in [2.24, 2.45) is 18.9 Å². The van der Waals surface area contributed by atoms with Crippen molar-refractivity contribution >= 4 is 11.6 Å². The van der Waals surface area contributed by atoms with Gasteiger partial charge in [-0.05, 0) is 53.7 Å². The van der Waals surface area contributed by atoms with Gasteiger partial charge in [0.05, 0.1) is 5.56 Å². The number of halogens is 2. The van der Waals surface area contributed by atoms with E-state index in [1.807, 2.05) is 12.1 Å². The molecule has 1 fully saturated rings. The quantitative estimate of drug-likeness (QED) is 0.848. The molecule has 0 unspecified atom stereocenters. The number of carbonyl (C=O) groups is 1. The molecule has 26 heavy (non-hydrogen) atoms. The van der Waals surface area contributed by atoms with Crippen LogP contribution in [0.5, 0.6) is 0 Å². The van der Waals surface area contributed by atoms with Gasteiger partial charge in [0.25, 0.3) is 12.3 Å². The highest BCUT2D eigenvalue weighted by Crippen LogP contribution is 2.61. The smallest absolute Gasteiger partial charge is 0.282 e. The lowest BCUT2D eigenvalue weighted by molar-refractivity contribution is 0.101. The average Bonchev–Trinajstić information content (AvgIpc) is 3.26. The number of amides is 1. The van der Waals surface area contributed by atoms with E-state index < -0.39 is 18.0 Å². The van der Waals surface area contributed by atoms with Gasteiger partial charge in [0.15, 0.2) is 0 Å². The Hall–Kier alpha value is -2.24. The largest absolute Gasteiger partial charge is 0.322 e. The van der Waals surface area contributed by atoms with Crippen LogP contribution in [0, 0.1) is 11.8 Å². The zero-order valence-corrected chi connectivity index (χ0v) is 15.2. The first-order valence-corrected chi connectivity index (χ1v) is 9.14. The molecule has 138 valence electrons. The van der Waals surface area contributed by atoms with Crippen molar-refractivity contribution in [1.29, 1.82) is 0 Å². The predicted molar refractivity (Wildman–Crippen MR) is 95.6 cm³/mol. The Balaban J connectivity index is 1.67. The van der Waals surface area contributed by atoms with Gasteiger partial charge in [0.2, 0.25) is 0 Å². The highest BCUT2D eigenvalue weighted by atomic mass is 19.3. The molecule has 0 spiro atoms. The Morgan fingerprint density at radius 3 is 2.69 bits per heavy atom. The van der Waals surface area contributed by atoms with Crippen molar-refractivity contribution in [3.63, 3.8) is 0 Å². The summed E-state index contributed by atoms with van der Waals surface area (Å²) in [6, 6.07) is 5.98. The predicted octanol–water partition coefficient (Wildman–Crippen LogP) is 4.86. The van der Waals surface area contributed by atoms with Crippen molar-refractivity contribution < 1.29 is 13.6 Å². The summed E-state index contributed by atoms with van der Waals surface area (Å²) in [5.74, 6) is 1.63. The van der Waals surface area contributed by atoms with Crippen LogP contribution in [-0.2, 0) is 7.05 Å². The molecule has 1 N–H and O–H groups in total. The maximum absolute atomic E-state index is 13.2.